The van der Waals surface area contributed by atoms with Crippen LogP contribution in [0.25, 0.3) is 0 Å². The molecule has 19 heavy (non-hydrogen) atoms. The van der Waals surface area contributed by atoms with E-state index in [1.807, 2.05) is 0 Å². The first-order valence-electron chi connectivity index (χ1n) is 6.49. The van der Waals surface area contributed by atoms with Crippen LogP contribution in [0.4, 0.5) is 5.13 Å². The van der Waals surface area contributed by atoms with Crippen molar-refractivity contribution in [1.29, 1.82) is 0 Å². The summed E-state index contributed by atoms with van der Waals surface area (Å²) in [6.07, 6.45) is 3.66. The van der Waals surface area contributed by atoms with Gasteiger partial charge in [-0.1, -0.05) is 36.9 Å². The van der Waals surface area contributed by atoms with E-state index in [0.29, 0.717) is 16.3 Å². The van der Waals surface area contributed by atoms with E-state index in [0.717, 1.165) is 11.0 Å². The number of rotatable bonds is 5. The lowest BCUT2D eigenvalue weighted by molar-refractivity contribution is -0.133. The number of carbonyl (C=O) groups is 1. The molecule has 2 rings (SSSR count). The average molecular weight is 301 g/mol. The molecule has 0 aromatic carbocycles. The molecule has 1 saturated carbocycles. The van der Waals surface area contributed by atoms with Gasteiger partial charge >= 0.3 is 5.97 Å². The predicted octanol–water partition coefficient (Wildman–Crippen LogP) is 2.95. The molecule has 0 bridgehead atoms. The number of thioether (sulfide) groups is 1. The maximum atomic E-state index is 10.5. The average Bonchev–Trinajstić information content (AvgIpc) is 2.78. The molecule has 0 radical (unpaired) electrons. The van der Waals surface area contributed by atoms with E-state index in [1.165, 1.54) is 42.4 Å². The van der Waals surface area contributed by atoms with Crippen LogP contribution in [0.2, 0.25) is 0 Å². The van der Waals surface area contributed by atoms with Gasteiger partial charge in [0.25, 0.3) is 0 Å². The van der Waals surface area contributed by atoms with Crippen LogP contribution in [0.15, 0.2) is 4.34 Å². The van der Waals surface area contributed by atoms with E-state index in [9.17, 15) is 4.79 Å². The van der Waals surface area contributed by atoms with Crippen LogP contribution >= 0.6 is 23.1 Å². The largest absolute Gasteiger partial charge is 0.481 e. The molecule has 3 atom stereocenters. The third-order valence-corrected chi connectivity index (χ3v) is 5.44. The van der Waals surface area contributed by atoms with Gasteiger partial charge in [-0.2, -0.15) is 0 Å². The minimum Gasteiger partial charge on any atom is -0.481 e. The Morgan fingerprint density at radius 3 is 2.95 bits per heavy atom. The number of aromatic nitrogens is 2. The molecule has 3 unspecified atom stereocenters. The maximum absolute atomic E-state index is 10.5. The van der Waals surface area contributed by atoms with Gasteiger partial charge in [0, 0.05) is 6.04 Å². The van der Waals surface area contributed by atoms with Crippen LogP contribution in [-0.4, -0.2) is 33.1 Å². The number of anilines is 1. The first kappa shape index (κ1) is 14.6. The fraction of sp³-hybridized carbons (Fsp3) is 0.750. The Morgan fingerprint density at radius 2 is 2.26 bits per heavy atom. The van der Waals surface area contributed by atoms with Crippen LogP contribution in [0.5, 0.6) is 0 Å². The molecule has 1 aromatic rings. The highest BCUT2D eigenvalue weighted by Gasteiger charge is 2.26. The zero-order valence-electron chi connectivity index (χ0n) is 11.1. The highest BCUT2D eigenvalue weighted by molar-refractivity contribution is 8.01. The minimum absolute atomic E-state index is 0.0337. The van der Waals surface area contributed by atoms with Crippen molar-refractivity contribution < 1.29 is 9.90 Å². The maximum Gasteiger partial charge on any atom is 0.313 e. The van der Waals surface area contributed by atoms with Gasteiger partial charge in [0.1, 0.15) is 0 Å². The van der Waals surface area contributed by atoms with Crippen molar-refractivity contribution in [3.63, 3.8) is 0 Å². The molecule has 106 valence electrons. The first-order valence-corrected chi connectivity index (χ1v) is 8.29. The van der Waals surface area contributed by atoms with Crippen LogP contribution in [0.1, 0.15) is 33.1 Å². The smallest absolute Gasteiger partial charge is 0.313 e. The molecule has 5 nitrogen and oxygen atoms in total. The Kier molecular flexibility index (Phi) is 5.04. The van der Waals surface area contributed by atoms with Gasteiger partial charge in [0.2, 0.25) is 5.13 Å². The van der Waals surface area contributed by atoms with Crippen LogP contribution < -0.4 is 5.32 Å². The molecule has 1 aromatic heterocycles. The summed E-state index contributed by atoms with van der Waals surface area (Å²) in [5.74, 6) is 0.655. The molecule has 0 spiro atoms. The summed E-state index contributed by atoms with van der Waals surface area (Å²) in [5.41, 5.74) is 0. The molecule has 0 saturated heterocycles. The zero-order valence-corrected chi connectivity index (χ0v) is 12.8. The highest BCUT2D eigenvalue weighted by atomic mass is 32.2. The molecule has 0 aliphatic heterocycles. The standard InChI is InChI=1S/C12H19N3O2S2/c1-7-3-4-9(8(2)5-7)13-11-14-15-12(19-11)18-6-10(16)17/h7-9H,3-6H2,1-2H3,(H,13,14)(H,16,17). The lowest BCUT2D eigenvalue weighted by atomic mass is 9.80. The second-order valence-electron chi connectivity index (χ2n) is 5.20. The Balaban J connectivity index is 1.87. The molecule has 1 aliphatic rings. The van der Waals surface area contributed by atoms with Crippen LogP contribution in [0, 0.1) is 11.8 Å². The minimum atomic E-state index is -0.829. The zero-order chi connectivity index (χ0) is 13.8. The Hall–Kier alpha value is -0.820. The second kappa shape index (κ2) is 6.56. The fourth-order valence-corrected chi connectivity index (χ4v) is 4.02. The first-order chi connectivity index (χ1) is 9.04. The molecule has 1 aliphatic carbocycles. The Labute approximate surface area is 121 Å². The third-order valence-electron chi connectivity index (χ3n) is 3.47. The van der Waals surface area contributed by atoms with E-state index in [-0.39, 0.29) is 5.75 Å². The van der Waals surface area contributed by atoms with Crippen molar-refractivity contribution in [3.8, 4) is 0 Å². The summed E-state index contributed by atoms with van der Waals surface area (Å²) in [5, 5.41) is 21.0. The molecular formula is C12H19N3O2S2. The third kappa shape index (κ3) is 4.35. The van der Waals surface area contributed by atoms with Crippen molar-refractivity contribution in [2.45, 2.75) is 43.5 Å². The number of carboxylic acid groups (broad SMARTS) is 1. The highest BCUT2D eigenvalue weighted by Crippen LogP contribution is 2.32. The van der Waals surface area contributed by atoms with Gasteiger partial charge in [0.05, 0.1) is 5.75 Å². The van der Waals surface area contributed by atoms with E-state index in [4.69, 9.17) is 5.11 Å². The monoisotopic (exact) mass is 301 g/mol. The number of aliphatic carboxylic acids is 1. The summed E-state index contributed by atoms with van der Waals surface area (Å²) < 4.78 is 0.710. The van der Waals surface area contributed by atoms with Crippen molar-refractivity contribution in [2.75, 3.05) is 11.1 Å². The van der Waals surface area contributed by atoms with Gasteiger partial charge in [-0.05, 0) is 31.1 Å². The van der Waals surface area contributed by atoms with Gasteiger partial charge in [-0.25, -0.2) is 0 Å². The van der Waals surface area contributed by atoms with Crippen LogP contribution in [0.3, 0.4) is 0 Å². The lowest BCUT2D eigenvalue weighted by Gasteiger charge is -2.32. The topological polar surface area (TPSA) is 75.1 Å². The number of hydrogen-bond acceptors (Lipinski definition) is 6. The fourth-order valence-electron chi connectivity index (χ4n) is 2.49. The number of hydrogen-bond donors (Lipinski definition) is 2. The second-order valence-corrected chi connectivity index (χ2v) is 7.40. The number of nitrogens with one attached hydrogen (secondary N) is 1. The summed E-state index contributed by atoms with van der Waals surface area (Å²) in [6, 6.07) is 0.460. The summed E-state index contributed by atoms with van der Waals surface area (Å²) in [7, 11) is 0. The van der Waals surface area contributed by atoms with Gasteiger partial charge in [-0.15, -0.1) is 10.2 Å². The van der Waals surface area contributed by atoms with E-state index in [1.54, 1.807) is 0 Å². The van der Waals surface area contributed by atoms with Gasteiger partial charge < -0.3 is 10.4 Å². The SMILES string of the molecule is CC1CCC(Nc2nnc(SCC(=O)O)s2)C(C)C1. The number of nitrogens with zero attached hydrogens (tertiary/aromatic N) is 2. The lowest BCUT2D eigenvalue weighted by Crippen LogP contribution is -2.32. The van der Waals surface area contributed by atoms with Gasteiger partial charge in [-0.3, -0.25) is 4.79 Å². The molecule has 2 N–H and O–H groups in total. The van der Waals surface area contributed by atoms with E-state index < -0.39 is 5.97 Å². The summed E-state index contributed by atoms with van der Waals surface area (Å²) >= 11 is 2.66. The number of carboxylic acids is 1. The summed E-state index contributed by atoms with van der Waals surface area (Å²) in [6.45, 7) is 4.58. The predicted molar refractivity (Wildman–Crippen MR) is 77.9 cm³/mol. The van der Waals surface area contributed by atoms with Crippen LogP contribution in [-0.2, 0) is 4.79 Å². The Morgan fingerprint density at radius 1 is 1.47 bits per heavy atom. The van der Waals surface area contributed by atoms with E-state index in [2.05, 4.69) is 29.4 Å². The van der Waals surface area contributed by atoms with Crippen molar-refractivity contribution in [2.24, 2.45) is 11.8 Å². The Bertz CT molecular complexity index is 438. The molecule has 1 fully saturated rings. The molecular weight excluding hydrogens is 282 g/mol. The molecule has 1 heterocycles. The van der Waals surface area contributed by atoms with Crippen molar-refractivity contribution >= 4 is 34.2 Å². The van der Waals surface area contributed by atoms with Crippen molar-refractivity contribution in [3.05, 3.63) is 0 Å². The van der Waals surface area contributed by atoms with E-state index >= 15 is 0 Å². The summed E-state index contributed by atoms with van der Waals surface area (Å²) in [4.78, 5) is 10.5. The van der Waals surface area contributed by atoms with Gasteiger partial charge in [0.15, 0.2) is 4.34 Å². The van der Waals surface area contributed by atoms with Crippen molar-refractivity contribution in [1.82, 2.24) is 10.2 Å². The quantitative estimate of drug-likeness (QED) is 0.814. The normalized spacial score (nSPS) is 27.2. The molecule has 7 heteroatoms. The molecule has 0 amide bonds.